The first kappa shape index (κ1) is 21.1. The summed E-state index contributed by atoms with van der Waals surface area (Å²) in [6, 6.07) is 11.9. The van der Waals surface area contributed by atoms with Gasteiger partial charge in [0.05, 0.1) is 19.2 Å². The molecule has 3 aromatic rings. The third-order valence-corrected chi connectivity index (χ3v) is 5.20. The molecule has 0 aliphatic carbocycles. The van der Waals surface area contributed by atoms with Gasteiger partial charge in [0.2, 0.25) is 0 Å². The number of nitrogens with one attached hydrogen (secondary N) is 1. The molecule has 0 saturated heterocycles. The van der Waals surface area contributed by atoms with Gasteiger partial charge < -0.3 is 10.1 Å². The maximum Gasteiger partial charge on any atom is 0.328 e. The van der Waals surface area contributed by atoms with E-state index >= 15 is 0 Å². The summed E-state index contributed by atoms with van der Waals surface area (Å²) in [6.07, 6.45) is 0. The molecular weight excluding hydrogens is 413 g/mol. The third kappa shape index (κ3) is 4.54. The van der Waals surface area contributed by atoms with Crippen molar-refractivity contribution < 1.29 is 14.3 Å². The Morgan fingerprint density at radius 1 is 1.17 bits per heavy atom. The van der Waals surface area contributed by atoms with Crippen LogP contribution in [-0.4, -0.2) is 34.8 Å². The molecule has 8 heteroatoms. The average Bonchev–Trinajstić information content (AvgIpc) is 3.06. The van der Waals surface area contributed by atoms with E-state index in [1.54, 1.807) is 16.8 Å². The highest BCUT2D eigenvalue weighted by Crippen LogP contribution is 2.25. The zero-order chi connectivity index (χ0) is 21.1. The number of para-hydroxylation sites is 1. The summed E-state index contributed by atoms with van der Waals surface area (Å²) < 4.78 is 6.51. The Labute approximate surface area is 178 Å². The number of carbonyl (C=O) groups is 2. The highest BCUT2D eigenvalue weighted by atomic mass is 35.5. The number of hydrogen-bond acceptors (Lipinski definition) is 4. The molecule has 0 saturated carbocycles. The van der Waals surface area contributed by atoms with Crippen molar-refractivity contribution in [3.8, 4) is 0 Å². The maximum atomic E-state index is 12.9. The van der Waals surface area contributed by atoms with Gasteiger partial charge in [-0.3, -0.25) is 9.48 Å². The Kier molecular flexibility index (Phi) is 6.45. The van der Waals surface area contributed by atoms with E-state index in [0.717, 1.165) is 11.1 Å². The number of methoxy groups -OCH3 is 1. The van der Waals surface area contributed by atoms with E-state index in [1.807, 2.05) is 44.2 Å². The van der Waals surface area contributed by atoms with Gasteiger partial charge in [0.15, 0.2) is 5.69 Å². The molecule has 1 N–H and O–H groups in total. The second-order valence-corrected chi connectivity index (χ2v) is 7.82. The SMILES string of the molecule is COC(=O)C(NC(=O)c1nn(Cc2ccc(Cl)cc2Cl)c2ccccc12)C(C)C. The molecule has 29 heavy (non-hydrogen) atoms. The highest BCUT2D eigenvalue weighted by Gasteiger charge is 2.27. The summed E-state index contributed by atoms with van der Waals surface area (Å²) >= 11 is 12.3. The molecule has 1 amide bonds. The van der Waals surface area contributed by atoms with Crippen molar-refractivity contribution >= 4 is 46.0 Å². The Balaban J connectivity index is 1.97. The summed E-state index contributed by atoms with van der Waals surface area (Å²) in [4.78, 5) is 24.9. The molecule has 1 aromatic heterocycles. The number of esters is 1. The van der Waals surface area contributed by atoms with Crippen LogP contribution < -0.4 is 5.32 Å². The molecule has 1 atom stereocenters. The molecule has 1 unspecified atom stereocenters. The molecule has 0 aliphatic heterocycles. The number of hydrogen-bond donors (Lipinski definition) is 1. The molecule has 6 nitrogen and oxygen atoms in total. The van der Waals surface area contributed by atoms with E-state index in [9.17, 15) is 9.59 Å². The van der Waals surface area contributed by atoms with Gasteiger partial charge >= 0.3 is 5.97 Å². The minimum absolute atomic E-state index is 0.132. The first-order valence-corrected chi connectivity index (χ1v) is 9.85. The van der Waals surface area contributed by atoms with Gasteiger partial charge in [-0.2, -0.15) is 5.10 Å². The average molecular weight is 434 g/mol. The van der Waals surface area contributed by atoms with Crippen molar-refractivity contribution in [1.29, 1.82) is 0 Å². The van der Waals surface area contributed by atoms with E-state index in [-0.39, 0.29) is 11.6 Å². The lowest BCUT2D eigenvalue weighted by atomic mass is 10.0. The third-order valence-electron chi connectivity index (χ3n) is 4.62. The van der Waals surface area contributed by atoms with Gasteiger partial charge in [0.25, 0.3) is 5.91 Å². The van der Waals surface area contributed by atoms with Crippen molar-refractivity contribution in [1.82, 2.24) is 15.1 Å². The predicted molar refractivity (Wildman–Crippen MR) is 113 cm³/mol. The van der Waals surface area contributed by atoms with Crippen LogP contribution in [0.25, 0.3) is 10.9 Å². The van der Waals surface area contributed by atoms with Crippen LogP contribution >= 0.6 is 23.2 Å². The van der Waals surface area contributed by atoms with Crippen molar-refractivity contribution in [3.63, 3.8) is 0 Å². The smallest absolute Gasteiger partial charge is 0.328 e. The minimum Gasteiger partial charge on any atom is -0.467 e. The van der Waals surface area contributed by atoms with E-state index < -0.39 is 17.9 Å². The lowest BCUT2D eigenvalue weighted by molar-refractivity contribution is -0.144. The maximum absolute atomic E-state index is 12.9. The van der Waals surface area contributed by atoms with Crippen LogP contribution in [0.3, 0.4) is 0 Å². The number of halogens is 2. The summed E-state index contributed by atoms with van der Waals surface area (Å²) in [5, 5.41) is 9.00. The molecule has 0 bridgehead atoms. The molecule has 0 aliphatic rings. The number of amides is 1. The lowest BCUT2D eigenvalue weighted by Gasteiger charge is -2.19. The first-order chi connectivity index (χ1) is 13.8. The van der Waals surface area contributed by atoms with Crippen molar-refractivity contribution in [2.45, 2.75) is 26.4 Å². The number of fused-ring (bicyclic) bond motifs is 1. The fourth-order valence-corrected chi connectivity index (χ4v) is 3.53. The van der Waals surface area contributed by atoms with Crippen LogP contribution in [0.1, 0.15) is 29.9 Å². The van der Waals surface area contributed by atoms with Crippen molar-refractivity contribution in [2.24, 2.45) is 5.92 Å². The van der Waals surface area contributed by atoms with E-state index in [2.05, 4.69) is 10.4 Å². The number of rotatable bonds is 6. The van der Waals surface area contributed by atoms with Crippen LogP contribution in [0, 0.1) is 5.92 Å². The van der Waals surface area contributed by atoms with Gasteiger partial charge in [-0.15, -0.1) is 0 Å². The van der Waals surface area contributed by atoms with Crippen LogP contribution in [0.2, 0.25) is 10.0 Å². The van der Waals surface area contributed by atoms with Crippen molar-refractivity contribution in [3.05, 3.63) is 63.8 Å². The largest absolute Gasteiger partial charge is 0.467 e. The molecule has 0 fully saturated rings. The fraction of sp³-hybridized carbons (Fsp3) is 0.286. The van der Waals surface area contributed by atoms with E-state index in [4.69, 9.17) is 27.9 Å². The van der Waals surface area contributed by atoms with Crippen LogP contribution in [0.15, 0.2) is 42.5 Å². The Morgan fingerprint density at radius 3 is 2.55 bits per heavy atom. The quantitative estimate of drug-likeness (QED) is 0.587. The van der Waals surface area contributed by atoms with Crippen LogP contribution in [0.5, 0.6) is 0 Å². The normalized spacial score (nSPS) is 12.2. The predicted octanol–water partition coefficient (Wildman–Crippen LogP) is 4.32. The van der Waals surface area contributed by atoms with Gasteiger partial charge in [-0.1, -0.05) is 61.3 Å². The number of carbonyl (C=O) groups excluding carboxylic acids is 2. The summed E-state index contributed by atoms with van der Waals surface area (Å²) in [7, 11) is 1.30. The highest BCUT2D eigenvalue weighted by molar-refractivity contribution is 6.35. The minimum atomic E-state index is -0.762. The molecule has 0 spiro atoms. The van der Waals surface area contributed by atoms with Crippen molar-refractivity contribution in [2.75, 3.05) is 7.11 Å². The zero-order valence-electron chi connectivity index (χ0n) is 16.3. The zero-order valence-corrected chi connectivity index (χ0v) is 17.8. The number of nitrogens with zero attached hydrogens (tertiary/aromatic N) is 2. The molecular formula is C21H21Cl2N3O3. The molecule has 3 rings (SSSR count). The Hall–Kier alpha value is -2.57. The number of aromatic nitrogens is 2. The molecule has 1 heterocycles. The fourth-order valence-electron chi connectivity index (χ4n) is 3.06. The molecule has 0 radical (unpaired) electrons. The number of ether oxygens (including phenoxy) is 1. The van der Waals surface area contributed by atoms with Gasteiger partial charge in [-0.05, 0) is 29.7 Å². The standard InChI is InChI=1S/C21H21Cl2N3O3/c1-12(2)18(21(28)29-3)24-20(27)19-15-6-4-5-7-17(15)26(25-19)11-13-8-9-14(22)10-16(13)23/h4-10,12,18H,11H2,1-3H3,(H,24,27). The monoisotopic (exact) mass is 433 g/mol. The van der Waals surface area contributed by atoms with Gasteiger partial charge in [-0.25, -0.2) is 4.79 Å². The summed E-state index contributed by atoms with van der Waals surface area (Å²) in [6.45, 7) is 4.04. The van der Waals surface area contributed by atoms with Gasteiger partial charge in [0, 0.05) is 15.4 Å². The molecule has 2 aromatic carbocycles. The first-order valence-electron chi connectivity index (χ1n) is 9.10. The molecule has 152 valence electrons. The Morgan fingerprint density at radius 2 is 1.90 bits per heavy atom. The summed E-state index contributed by atoms with van der Waals surface area (Å²) in [5.74, 6) is -1.07. The van der Waals surface area contributed by atoms with E-state index in [0.29, 0.717) is 22.0 Å². The van der Waals surface area contributed by atoms with Crippen LogP contribution in [0.4, 0.5) is 0 Å². The van der Waals surface area contributed by atoms with Crippen LogP contribution in [-0.2, 0) is 16.1 Å². The van der Waals surface area contributed by atoms with Gasteiger partial charge in [0.1, 0.15) is 6.04 Å². The Bertz CT molecular complexity index is 1060. The topological polar surface area (TPSA) is 73.2 Å². The second kappa shape index (κ2) is 8.84. The summed E-state index contributed by atoms with van der Waals surface area (Å²) in [5.41, 5.74) is 1.84. The lowest BCUT2D eigenvalue weighted by Crippen LogP contribution is -2.45. The van der Waals surface area contributed by atoms with E-state index in [1.165, 1.54) is 7.11 Å². The number of benzene rings is 2. The second-order valence-electron chi connectivity index (χ2n) is 6.98.